The van der Waals surface area contributed by atoms with Crippen molar-refractivity contribution in [2.75, 3.05) is 32.2 Å². The number of anilines is 1. The standard InChI is InChI=1S/C17H30N2O/c1-6-16(7-2)19(4)17-9-8-15(14(3)12-17)13-18-10-11-20-5/h8-9,12,16,18H,6-7,10-11,13H2,1-5H3. The third kappa shape index (κ3) is 4.80. The fraction of sp³-hybridized carbons (Fsp3) is 0.647. The SMILES string of the molecule is CCC(CC)N(C)c1ccc(CNCCOC)c(C)c1. The molecule has 1 aromatic carbocycles. The number of methoxy groups -OCH3 is 1. The number of nitrogens with one attached hydrogen (secondary N) is 1. The quantitative estimate of drug-likeness (QED) is 0.701. The van der Waals surface area contributed by atoms with Crippen molar-refractivity contribution < 1.29 is 4.74 Å². The van der Waals surface area contributed by atoms with Gasteiger partial charge in [-0.25, -0.2) is 0 Å². The Labute approximate surface area is 124 Å². The highest BCUT2D eigenvalue weighted by atomic mass is 16.5. The van der Waals surface area contributed by atoms with E-state index in [0.717, 1.165) is 19.7 Å². The first-order valence-electron chi connectivity index (χ1n) is 7.66. The second kappa shape index (κ2) is 8.98. The van der Waals surface area contributed by atoms with Gasteiger partial charge in [0.2, 0.25) is 0 Å². The van der Waals surface area contributed by atoms with Crippen LogP contribution in [-0.2, 0) is 11.3 Å². The highest BCUT2D eigenvalue weighted by molar-refractivity contribution is 5.51. The molecule has 1 N–H and O–H groups in total. The van der Waals surface area contributed by atoms with Gasteiger partial charge in [-0.15, -0.1) is 0 Å². The van der Waals surface area contributed by atoms with E-state index in [4.69, 9.17) is 4.74 Å². The van der Waals surface area contributed by atoms with Crippen molar-refractivity contribution in [2.24, 2.45) is 0 Å². The Morgan fingerprint density at radius 2 is 1.95 bits per heavy atom. The number of hydrogen-bond donors (Lipinski definition) is 1. The Morgan fingerprint density at radius 3 is 2.50 bits per heavy atom. The lowest BCUT2D eigenvalue weighted by atomic mass is 10.1. The van der Waals surface area contributed by atoms with Crippen LogP contribution in [0.1, 0.15) is 37.8 Å². The molecule has 1 aromatic rings. The monoisotopic (exact) mass is 278 g/mol. The molecule has 114 valence electrons. The molecule has 0 aliphatic carbocycles. The molecule has 3 nitrogen and oxygen atoms in total. The summed E-state index contributed by atoms with van der Waals surface area (Å²) >= 11 is 0. The number of aryl methyl sites for hydroxylation is 1. The Balaban J connectivity index is 2.67. The molecule has 1 rings (SSSR count). The molecule has 0 atom stereocenters. The van der Waals surface area contributed by atoms with Gasteiger partial charge in [-0.05, 0) is 43.0 Å². The first-order valence-corrected chi connectivity index (χ1v) is 7.66. The molecule has 20 heavy (non-hydrogen) atoms. The predicted molar refractivity (Wildman–Crippen MR) is 87.5 cm³/mol. The summed E-state index contributed by atoms with van der Waals surface area (Å²) in [6.07, 6.45) is 2.37. The molecule has 0 amide bonds. The van der Waals surface area contributed by atoms with Gasteiger partial charge in [-0.3, -0.25) is 0 Å². The van der Waals surface area contributed by atoms with Crippen LogP contribution in [0.5, 0.6) is 0 Å². The zero-order valence-corrected chi connectivity index (χ0v) is 13.7. The van der Waals surface area contributed by atoms with Crippen LogP contribution in [0, 0.1) is 6.92 Å². The minimum absolute atomic E-state index is 0.625. The van der Waals surface area contributed by atoms with Crippen LogP contribution < -0.4 is 10.2 Å². The number of benzene rings is 1. The number of ether oxygens (including phenoxy) is 1. The molecule has 0 saturated heterocycles. The van der Waals surface area contributed by atoms with Crippen LogP contribution in [0.2, 0.25) is 0 Å². The molecule has 0 fully saturated rings. The van der Waals surface area contributed by atoms with Gasteiger partial charge >= 0.3 is 0 Å². The van der Waals surface area contributed by atoms with Crippen LogP contribution >= 0.6 is 0 Å². The fourth-order valence-corrected chi connectivity index (χ4v) is 2.54. The average molecular weight is 278 g/mol. The van der Waals surface area contributed by atoms with E-state index in [1.807, 2.05) is 0 Å². The van der Waals surface area contributed by atoms with Gasteiger partial charge in [0, 0.05) is 39.0 Å². The van der Waals surface area contributed by atoms with Crippen molar-refractivity contribution in [3.63, 3.8) is 0 Å². The van der Waals surface area contributed by atoms with Crippen molar-refractivity contribution in [1.82, 2.24) is 5.32 Å². The summed E-state index contributed by atoms with van der Waals surface area (Å²) in [5, 5.41) is 3.40. The van der Waals surface area contributed by atoms with Crippen LogP contribution in [0.4, 0.5) is 5.69 Å². The summed E-state index contributed by atoms with van der Waals surface area (Å²) in [6.45, 7) is 9.26. The van der Waals surface area contributed by atoms with E-state index < -0.39 is 0 Å². The van der Waals surface area contributed by atoms with Gasteiger partial charge in [-0.2, -0.15) is 0 Å². The normalized spacial score (nSPS) is 11.1. The second-order valence-corrected chi connectivity index (χ2v) is 5.36. The van der Waals surface area contributed by atoms with E-state index in [2.05, 4.69) is 56.2 Å². The van der Waals surface area contributed by atoms with E-state index in [1.54, 1.807) is 7.11 Å². The number of hydrogen-bond acceptors (Lipinski definition) is 3. The minimum atomic E-state index is 0.625. The Kier molecular flexibility index (Phi) is 7.63. The summed E-state index contributed by atoms with van der Waals surface area (Å²) < 4.78 is 5.04. The Morgan fingerprint density at radius 1 is 1.25 bits per heavy atom. The summed E-state index contributed by atoms with van der Waals surface area (Å²) in [4.78, 5) is 2.40. The molecule has 0 aliphatic heterocycles. The van der Waals surface area contributed by atoms with Crippen molar-refractivity contribution in [3.8, 4) is 0 Å². The summed E-state index contributed by atoms with van der Waals surface area (Å²) in [6, 6.07) is 7.40. The van der Waals surface area contributed by atoms with Crippen molar-refractivity contribution in [2.45, 2.75) is 46.2 Å². The Hall–Kier alpha value is -1.06. The number of rotatable bonds is 9. The summed E-state index contributed by atoms with van der Waals surface area (Å²) in [5.41, 5.74) is 4.03. The maximum absolute atomic E-state index is 5.04. The van der Waals surface area contributed by atoms with Crippen LogP contribution in [0.3, 0.4) is 0 Å². The topological polar surface area (TPSA) is 24.5 Å². The molecule has 3 heteroatoms. The molecule has 0 spiro atoms. The lowest BCUT2D eigenvalue weighted by Crippen LogP contribution is -2.30. The summed E-state index contributed by atoms with van der Waals surface area (Å²) in [5.74, 6) is 0. The van der Waals surface area contributed by atoms with Gasteiger partial charge in [0.15, 0.2) is 0 Å². The maximum atomic E-state index is 5.04. The first-order chi connectivity index (χ1) is 9.63. The van der Waals surface area contributed by atoms with Gasteiger partial charge in [-0.1, -0.05) is 19.9 Å². The molecule has 0 heterocycles. The highest BCUT2D eigenvalue weighted by Crippen LogP contribution is 2.22. The van der Waals surface area contributed by atoms with E-state index >= 15 is 0 Å². The van der Waals surface area contributed by atoms with E-state index in [0.29, 0.717) is 6.04 Å². The van der Waals surface area contributed by atoms with Crippen molar-refractivity contribution in [3.05, 3.63) is 29.3 Å². The van der Waals surface area contributed by atoms with Crippen LogP contribution in [-0.4, -0.2) is 33.4 Å². The highest BCUT2D eigenvalue weighted by Gasteiger charge is 2.11. The molecule has 0 unspecified atom stereocenters. The fourth-order valence-electron chi connectivity index (χ4n) is 2.54. The molecule has 0 saturated carbocycles. The first kappa shape index (κ1) is 17.0. The zero-order chi connectivity index (χ0) is 15.0. The maximum Gasteiger partial charge on any atom is 0.0587 e. The Bertz CT molecular complexity index is 389. The molecular formula is C17H30N2O. The van der Waals surface area contributed by atoms with Crippen LogP contribution in [0.15, 0.2) is 18.2 Å². The van der Waals surface area contributed by atoms with E-state index in [-0.39, 0.29) is 0 Å². The third-order valence-corrected chi connectivity index (χ3v) is 4.02. The van der Waals surface area contributed by atoms with Crippen molar-refractivity contribution >= 4 is 5.69 Å². The molecule has 0 aromatic heterocycles. The summed E-state index contributed by atoms with van der Waals surface area (Å²) in [7, 11) is 3.93. The average Bonchev–Trinajstić information content (AvgIpc) is 2.46. The number of nitrogens with zero attached hydrogens (tertiary/aromatic N) is 1. The minimum Gasteiger partial charge on any atom is -0.383 e. The molecule has 0 aliphatic rings. The van der Waals surface area contributed by atoms with E-state index in [9.17, 15) is 0 Å². The van der Waals surface area contributed by atoms with Gasteiger partial charge in [0.25, 0.3) is 0 Å². The lowest BCUT2D eigenvalue weighted by molar-refractivity contribution is 0.199. The molecular weight excluding hydrogens is 248 g/mol. The smallest absolute Gasteiger partial charge is 0.0587 e. The van der Waals surface area contributed by atoms with Gasteiger partial charge in [0.05, 0.1) is 6.61 Å². The van der Waals surface area contributed by atoms with Crippen molar-refractivity contribution in [1.29, 1.82) is 0 Å². The second-order valence-electron chi connectivity index (χ2n) is 5.36. The van der Waals surface area contributed by atoms with Gasteiger partial charge in [0.1, 0.15) is 0 Å². The molecule has 0 radical (unpaired) electrons. The predicted octanol–water partition coefficient (Wildman–Crippen LogP) is 3.36. The zero-order valence-electron chi connectivity index (χ0n) is 13.7. The largest absolute Gasteiger partial charge is 0.383 e. The molecule has 0 bridgehead atoms. The third-order valence-electron chi connectivity index (χ3n) is 4.02. The lowest BCUT2D eigenvalue weighted by Gasteiger charge is -2.29. The van der Waals surface area contributed by atoms with Crippen LogP contribution in [0.25, 0.3) is 0 Å². The van der Waals surface area contributed by atoms with Gasteiger partial charge < -0.3 is 15.0 Å². The van der Waals surface area contributed by atoms with E-state index in [1.165, 1.54) is 29.7 Å².